The molecule has 1 aliphatic carbocycles. The fourth-order valence-electron chi connectivity index (χ4n) is 1.57. The molecule has 1 aliphatic heterocycles. The molecular formula is C17H27IO. The normalized spacial score (nSPS) is 16.3. The molecule has 2 rings (SSSR count). The van der Waals surface area contributed by atoms with Gasteiger partial charge in [0, 0.05) is 17.6 Å². The summed E-state index contributed by atoms with van der Waals surface area (Å²) in [5.41, 5.74) is 0. The fourth-order valence-corrected chi connectivity index (χ4v) is 2.01. The van der Waals surface area contributed by atoms with Crippen molar-refractivity contribution in [2.45, 2.75) is 32.1 Å². The molecule has 0 saturated carbocycles. The summed E-state index contributed by atoms with van der Waals surface area (Å²) in [7, 11) is 0. The topological polar surface area (TPSA) is 9.23 Å². The van der Waals surface area contributed by atoms with Gasteiger partial charge in [0.2, 0.25) is 0 Å². The van der Waals surface area contributed by atoms with E-state index in [4.69, 9.17) is 4.74 Å². The summed E-state index contributed by atoms with van der Waals surface area (Å²) in [5.74, 6) is 0.683. The Morgan fingerprint density at radius 2 is 1.63 bits per heavy atom. The van der Waals surface area contributed by atoms with Crippen molar-refractivity contribution in [1.82, 2.24) is 0 Å². The third kappa shape index (κ3) is 13.9. The van der Waals surface area contributed by atoms with Crippen LogP contribution >= 0.6 is 22.6 Å². The van der Waals surface area contributed by atoms with Crippen LogP contribution in [0.1, 0.15) is 32.1 Å². The zero-order chi connectivity index (χ0) is 14.2. The molecule has 1 saturated heterocycles. The molecule has 0 N–H and O–H groups in total. The highest BCUT2D eigenvalue weighted by Gasteiger charge is 1.99. The average Bonchev–Trinajstić information content (AvgIpc) is 3.14. The van der Waals surface area contributed by atoms with Gasteiger partial charge in [-0.1, -0.05) is 59.0 Å². The van der Waals surface area contributed by atoms with E-state index >= 15 is 0 Å². The second-order valence-electron chi connectivity index (χ2n) is 4.39. The first kappa shape index (κ1) is 18.7. The van der Waals surface area contributed by atoms with Crippen LogP contribution in [0.25, 0.3) is 0 Å². The first-order valence-corrected chi connectivity index (χ1v) is 8.58. The van der Waals surface area contributed by atoms with Gasteiger partial charge in [0.1, 0.15) is 0 Å². The first-order valence-electron chi connectivity index (χ1n) is 7.05. The summed E-state index contributed by atoms with van der Waals surface area (Å²) in [6.07, 6.45) is 18.6. The van der Waals surface area contributed by atoms with Gasteiger partial charge >= 0.3 is 0 Å². The van der Waals surface area contributed by atoms with Crippen molar-refractivity contribution >= 4 is 22.6 Å². The second kappa shape index (κ2) is 15.7. The molecule has 0 aromatic heterocycles. The lowest BCUT2D eigenvalue weighted by atomic mass is 10.1. The summed E-state index contributed by atoms with van der Waals surface area (Å²) in [6, 6.07) is 0. The van der Waals surface area contributed by atoms with Gasteiger partial charge in [0.25, 0.3) is 0 Å². The van der Waals surface area contributed by atoms with Crippen molar-refractivity contribution in [3.8, 4) is 0 Å². The monoisotopic (exact) mass is 374 g/mol. The minimum absolute atomic E-state index is 0.683. The van der Waals surface area contributed by atoms with Crippen molar-refractivity contribution in [3.05, 3.63) is 49.6 Å². The van der Waals surface area contributed by atoms with E-state index in [9.17, 15) is 0 Å². The molecule has 0 bridgehead atoms. The average molecular weight is 374 g/mol. The third-order valence-corrected chi connectivity index (χ3v) is 3.30. The van der Waals surface area contributed by atoms with Gasteiger partial charge in [0.05, 0.1) is 0 Å². The summed E-state index contributed by atoms with van der Waals surface area (Å²) in [4.78, 5) is 0. The lowest BCUT2D eigenvalue weighted by Crippen LogP contribution is -1.85. The van der Waals surface area contributed by atoms with Crippen molar-refractivity contribution in [1.29, 1.82) is 0 Å². The molecule has 0 unspecified atom stereocenters. The molecule has 1 nitrogen and oxygen atoms in total. The maximum Gasteiger partial charge on any atom is 0.0466 e. The second-order valence-corrected chi connectivity index (χ2v) is 5.46. The van der Waals surface area contributed by atoms with Crippen LogP contribution in [0.4, 0.5) is 0 Å². The zero-order valence-corrected chi connectivity index (χ0v) is 14.1. The lowest BCUT2D eigenvalue weighted by molar-refractivity contribution is 0.198. The van der Waals surface area contributed by atoms with Crippen molar-refractivity contribution in [3.63, 3.8) is 0 Å². The number of hydrogen-bond donors (Lipinski definition) is 0. The van der Waals surface area contributed by atoms with Gasteiger partial charge in [-0.3, -0.25) is 0 Å². The molecule has 19 heavy (non-hydrogen) atoms. The van der Waals surface area contributed by atoms with Crippen LogP contribution in [0.5, 0.6) is 0 Å². The highest BCUT2D eigenvalue weighted by Crippen LogP contribution is 2.14. The van der Waals surface area contributed by atoms with E-state index < -0.39 is 0 Å². The molecule has 2 heteroatoms. The molecule has 0 spiro atoms. The van der Waals surface area contributed by atoms with E-state index in [0.29, 0.717) is 5.92 Å². The molecule has 2 aliphatic rings. The summed E-state index contributed by atoms with van der Waals surface area (Å²) in [5, 5.41) is 0. The highest BCUT2D eigenvalue weighted by atomic mass is 127. The summed E-state index contributed by atoms with van der Waals surface area (Å²) >= 11 is 2.32. The summed E-state index contributed by atoms with van der Waals surface area (Å²) in [6.45, 7) is 9.22. The Hall–Kier alpha value is -0.350. The van der Waals surface area contributed by atoms with E-state index in [2.05, 4.69) is 60.1 Å². The van der Waals surface area contributed by atoms with Crippen molar-refractivity contribution < 1.29 is 4.74 Å². The number of allylic oxidation sites excluding steroid dienone is 6. The minimum Gasteiger partial charge on any atom is -0.381 e. The summed E-state index contributed by atoms with van der Waals surface area (Å²) < 4.78 is 6.14. The van der Waals surface area contributed by atoms with Gasteiger partial charge < -0.3 is 4.74 Å². The van der Waals surface area contributed by atoms with Gasteiger partial charge in [-0.15, -0.1) is 13.2 Å². The van der Waals surface area contributed by atoms with Gasteiger partial charge in [-0.25, -0.2) is 0 Å². The minimum atomic E-state index is 0.683. The molecule has 0 amide bonds. The van der Waals surface area contributed by atoms with Crippen LogP contribution in [-0.2, 0) is 4.74 Å². The molecule has 0 aromatic rings. The molecule has 0 radical (unpaired) electrons. The molecule has 0 aromatic carbocycles. The van der Waals surface area contributed by atoms with E-state index in [-0.39, 0.29) is 0 Å². The smallest absolute Gasteiger partial charge is 0.0466 e. The standard InChI is InChI=1S/C9H12.C4H7I.C4H8O/c1-2-3-6-9-7-4-5-8-9;1-2-3-4-5;1-2-4-5-3-1/h2,4-5,7-9H,1,3,6H2;2H,1,3-4H2;1-4H2. The maximum atomic E-state index is 4.94. The van der Waals surface area contributed by atoms with Gasteiger partial charge in [-0.2, -0.15) is 0 Å². The zero-order valence-electron chi connectivity index (χ0n) is 11.9. The Kier molecular flexibility index (Phi) is 15.4. The van der Waals surface area contributed by atoms with Crippen LogP contribution in [0.3, 0.4) is 0 Å². The lowest BCUT2D eigenvalue weighted by Gasteiger charge is -1.99. The highest BCUT2D eigenvalue weighted by molar-refractivity contribution is 14.1. The van der Waals surface area contributed by atoms with E-state index in [1.807, 2.05) is 12.2 Å². The van der Waals surface area contributed by atoms with Crippen LogP contribution in [0.2, 0.25) is 0 Å². The Labute approximate surface area is 132 Å². The fraction of sp³-hybridized carbons (Fsp3) is 0.529. The van der Waals surface area contributed by atoms with E-state index in [0.717, 1.165) is 26.1 Å². The molecule has 108 valence electrons. The SMILES string of the molecule is C1CCOC1.C=CCCC1C=CC=C1.C=CCCI. The van der Waals surface area contributed by atoms with E-state index in [1.54, 1.807) is 0 Å². The quantitative estimate of drug-likeness (QED) is 0.351. The Bertz CT molecular complexity index is 245. The van der Waals surface area contributed by atoms with Crippen molar-refractivity contribution in [2.24, 2.45) is 5.92 Å². The Balaban J connectivity index is 0.000000278. The number of ether oxygens (including phenoxy) is 1. The first-order chi connectivity index (χ1) is 9.35. The van der Waals surface area contributed by atoms with Crippen LogP contribution in [0.15, 0.2) is 49.6 Å². The Morgan fingerprint density at radius 3 is 1.95 bits per heavy atom. The number of rotatable bonds is 5. The number of alkyl halides is 1. The molecule has 1 fully saturated rings. The third-order valence-electron chi connectivity index (χ3n) is 2.67. The predicted molar refractivity (Wildman–Crippen MR) is 95.0 cm³/mol. The van der Waals surface area contributed by atoms with Crippen LogP contribution in [0, 0.1) is 5.92 Å². The molecular weight excluding hydrogens is 347 g/mol. The molecule has 0 atom stereocenters. The Morgan fingerprint density at radius 1 is 1.05 bits per heavy atom. The van der Waals surface area contributed by atoms with Gasteiger partial charge in [-0.05, 0) is 38.0 Å². The maximum absolute atomic E-state index is 4.94. The van der Waals surface area contributed by atoms with Gasteiger partial charge in [0.15, 0.2) is 0 Å². The largest absolute Gasteiger partial charge is 0.381 e. The van der Waals surface area contributed by atoms with Crippen LogP contribution in [-0.4, -0.2) is 17.6 Å². The van der Waals surface area contributed by atoms with Crippen molar-refractivity contribution in [2.75, 3.05) is 17.6 Å². The number of hydrogen-bond acceptors (Lipinski definition) is 1. The van der Waals surface area contributed by atoms with E-state index in [1.165, 1.54) is 23.7 Å². The number of halogens is 1. The van der Waals surface area contributed by atoms with Crippen LogP contribution < -0.4 is 0 Å². The predicted octanol–water partition coefficient (Wildman–Crippen LogP) is 5.49. The molecule has 1 heterocycles.